The molecular weight excluding hydrogens is 279 g/mol. The molecule has 1 aromatic carbocycles. The Hall–Kier alpha value is -1.07. The molecule has 5 heteroatoms. The molecule has 0 spiro atoms. The molecule has 0 aliphatic carbocycles. The topological polar surface area (TPSA) is 35.2 Å². The Morgan fingerprint density at radius 1 is 1.19 bits per heavy atom. The van der Waals surface area contributed by atoms with Crippen LogP contribution in [0.15, 0.2) is 18.2 Å². The Balaban J connectivity index is 0.00000191. The highest BCUT2D eigenvalue weighted by atomic mass is 19.4. The lowest BCUT2D eigenvalue weighted by molar-refractivity contribution is -0.137. The fraction of sp³-hybridized carbons (Fsp3) is 0.625. The van der Waals surface area contributed by atoms with Gasteiger partial charge in [0.05, 0.1) is 18.3 Å². The van der Waals surface area contributed by atoms with Crippen molar-refractivity contribution in [2.75, 3.05) is 6.61 Å². The van der Waals surface area contributed by atoms with E-state index in [1.165, 1.54) is 0 Å². The summed E-state index contributed by atoms with van der Waals surface area (Å²) in [6.45, 7) is 9.65. The van der Waals surface area contributed by atoms with Crippen LogP contribution in [0.25, 0.3) is 0 Å². The third-order valence-corrected chi connectivity index (χ3v) is 2.98. The number of hydrogen-bond acceptors (Lipinski definition) is 2. The molecule has 0 saturated carbocycles. The van der Waals surface area contributed by atoms with E-state index in [9.17, 15) is 13.2 Å². The first kappa shape index (κ1) is 19.9. The Morgan fingerprint density at radius 3 is 2.24 bits per heavy atom. The zero-order valence-corrected chi connectivity index (χ0v) is 13.4. The van der Waals surface area contributed by atoms with E-state index in [4.69, 9.17) is 10.5 Å². The van der Waals surface area contributed by atoms with Crippen molar-refractivity contribution in [2.45, 2.75) is 59.4 Å². The second-order valence-corrected chi connectivity index (χ2v) is 4.77. The van der Waals surface area contributed by atoms with Gasteiger partial charge in [-0.05, 0) is 38.0 Å². The number of nitrogens with two attached hydrogens (primary N) is 1. The maximum Gasteiger partial charge on any atom is 0.416 e. The molecule has 2 N–H and O–H groups in total. The molecule has 0 aliphatic heterocycles. The molecule has 2 atom stereocenters. The third kappa shape index (κ3) is 6.96. The molecule has 122 valence electrons. The smallest absolute Gasteiger partial charge is 0.372 e. The molecule has 0 aliphatic rings. The van der Waals surface area contributed by atoms with Crippen molar-refractivity contribution in [1.82, 2.24) is 0 Å². The Labute approximate surface area is 125 Å². The van der Waals surface area contributed by atoms with E-state index in [1.54, 1.807) is 19.9 Å². The second kappa shape index (κ2) is 9.05. The van der Waals surface area contributed by atoms with E-state index in [-0.39, 0.29) is 6.04 Å². The van der Waals surface area contributed by atoms with Crippen LogP contribution < -0.4 is 5.73 Å². The summed E-state index contributed by atoms with van der Waals surface area (Å²) in [6.07, 6.45) is -3.96. The lowest BCUT2D eigenvalue weighted by Gasteiger charge is -2.18. The van der Waals surface area contributed by atoms with Crippen LogP contribution in [0.4, 0.5) is 13.2 Å². The fourth-order valence-corrected chi connectivity index (χ4v) is 1.69. The van der Waals surface area contributed by atoms with Crippen LogP contribution >= 0.6 is 0 Å². The van der Waals surface area contributed by atoms with Crippen molar-refractivity contribution in [3.05, 3.63) is 34.9 Å². The van der Waals surface area contributed by atoms with E-state index in [0.29, 0.717) is 17.7 Å². The maximum atomic E-state index is 12.7. The molecule has 1 rings (SSSR count). The summed E-state index contributed by atoms with van der Waals surface area (Å²) < 4.78 is 43.7. The first-order valence-corrected chi connectivity index (χ1v) is 7.30. The minimum absolute atomic E-state index is 0.0886. The lowest BCUT2D eigenvalue weighted by atomic mass is 10.0. The Kier molecular flexibility index (Phi) is 8.59. The van der Waals surface area contributed by atoms with Gasteiger partial charge in [-0.3, -0.25) is 0 Å². The fourth-order valence-electron chi connectivity index (χ4n) is 1.69. The summed E-state index contributed by atoms with van der Waals surface area (Å²) in [5.41, 5.74) is 6.18. The molecule has 0 fully saturated rings. The van der Waals surface area contributed by atoms with Crippen LogP contribution in [-0.2, 0) is 10.9 Å². The maximum absolute atomic E-state index is 12.7. The van der Waals surface area contributed by atoms with Gasteiger partial charge in [-0.15, -0.1) is 0 Å². The van der Waals surface area contributed by atoms with Crippen molar-refractivity contribution in [3.63, 3.8) is 0 Å². The van der Waals surface area contributed by atoms with Gasteiger partial charge in [-0.25, -0.2) is 0 Å². The van der Waals surface area contributed by atoms with E-state index in [1.807, 2.05) is 20.8 Å². The van der Waals surface area contributed by atoms with Gasteiger partial charge in [-0.2, -0.15) is 13.2 Å². The van der Waals surface area contributed by atoms with E-state index < -0.39 is 17.8 Å². The number of aryl methyl sites for hydroxylation is 1. The highest BCUT2D eigenvalue weighted by molar-refractivity contribution is 5.32. The van der Waals surface area contributed by atoms with Crippen LogP contribution in [0, 0.1) is 6.92 Å². The molecule has 21 heavy (non-hydrogen) atoms. The molecule has 0 bridgehead atoms. The molecule has 1 aromatic rings. The molecule has 0 heterocycles. The first-order chi connectivity index (χ1) is 9.74. The van der Waals surface area contributed by atoms with Crippen LogP contribution in [0.3, 0.4) is 0 Å². The number of alkyl halides is 3. The number of benzene rings is 1. The van der Waals surface area contributed by atoms with Crippen LogP contribution in [-0.4, -0.2) is 12.6 Å². The highest BCUT2D eigenvalue weighted by Crippen LogP contribution is 2.32. The van der Waals surface area contributed by atoms with E-state index in [0.717, 1.165) is 18.6 Å². The van der Waals surface area contributed by atoms with Gasteiger partial charge in [-0.1, -0.05) is 32.4 Å². The summed E-state index contributed by atoms with van der Waals surface area (Å²) >= 11 is 0. The van der Waals surface area contributed by atoms with Gasteiger partial charge in [0.25, 0.3) is 0 Å². The van der Waals surface area contributed by atoms with Gasteiger partial charge >= 0.3 is 6.18 Å². The normalized spacial score (nSPS) is 14.1. The third-order valence-electron chi connectivity index (χ3n) is 2.98. The standard InChI is InChI=1S/C14H20F3NO.C2H6/c1-4-13(18)8-19-10(3)11-5-9(2)6-12(7-11)14(15,16)17;1-2/h5-7,10,13H,4,8,18H2,1-3H3;1-2H3. The summed E-state index contributed by atoms with van der Waals surface area (Å²) in [6, 6.07) is 3.88. The van der Waals surface area contributed by atoms with Crippen LogP contribution in [0.5, 0.6) is 0 Å². The van der Waals surface area contributed by atoms with Gasteiger partial charge in [0.15, 0.2) is 0 Å². The predicted molar refractivity (Wildman–Crippen MR) is 80.2 cm³/mol. The molecule has 0 amide bonds. The largest absolute Gasteiger partial charge is 0.416 e. The zero-order chi connectivity index (χ0) is 16.6. The summed E-state index contributed by atoms with van der Waals surface area (Å²) in [5.74, 6) is 0. The number of rotatable bonds is 5. The highest BCUT2D eigenvalue weighted by Gasteiger charge is 2.31. The molecule has 2 nitrogen and oxygen atoms in total. The molecular formula is C16H26F3NO. The van der Waals surface area contributed by atoms with Crippen LogP contribution in [0.1, 0.15) is 56.9 Å². The van der Waals surface area contributed by atoms with Crippen molar-refractivity contribution >= 4 is 0 Å². The average molecular weight is 305 g/mol. The Bertz CT molecular complexity index is 418. The van der Waals surface area contributed by atoms with Gasteiger partial charge < -0.3 is 10.5 Å². The van der Waals surface area contributed by atoms with Crippen molar-refractivity contribution in [2.24, 2.45) is 5.73 Å². The summed E-state index contributed by atoms with van der Waals surface area (Å²) in [5, 5.41) is 0. The number of hydrogen-bond donors (Lipinski definition) is 1. The quantitative estimate of drug-likeness (QED) is 0.843. The summed E-state index contributed by atoms with van der Waals surface area (Å²) in [7, 11) is 0. The SMILES string of the molecule is CC.CCC(N)COC(C)c1cc(C)cc(C(F)(F)F)c1. The molecule has 2 unspecified atom stereocenters. The molecule has 0 saturated heterocycles. The van der Waals surface area contributed by atoms with Gasteiger partial charge in [0.1, 0.15) is 0 Å². The first-order valence-electron chi connectivity index (χ1n) is 7.30. The minimum Gasteiger partial charge on any atom is -0.372 e. The van der Waals surface area contributed by atoms with E-state index in [2.05, 4.69) is 0 Å². The van der Waals surface area contributed by atoms with Crippen LogP contribution in [0.2, 0.25) is 0 Å². The predicted octanol–water partition coefficient (Wildman–Crippen LogP) is 4.85. The Morgan fingerprint density at radius 2 is 1.76 bits per heavy atom. The zero-order valence-electron chi connectivity index (χ0n) is 13.4. The monoisotopic (exact) mass is 305 g/mol. The van der Waals surface area contributed by atoms with Crippen molar-refractivity contribution in [3.8, 4) is 0 Å². The number of halogens is 3. The van der Waals surface area contributed by atoms with Gasteiger partial charge in [0.2, 0.25) is 0 Å². The summed E-state index contributed by atoms with van der Waals surface area (Å²) in [4.78, 5) is 0. The molecule has 0 aromatic heterocycles. The lowest BCUT2D eigenvalue weighted by Crippen LogP contribution is -2.25. The number of ether oxygens (including phenoxy) is 1. The van der Waals surface area contributed by atoms with Crippen molar-refractivity contribution in [1.29, 1.82) is 0 Å². The average Bonchev–Trinajstić information content (AvgIpc) is 2.44. The van der Waals surface area contributed by atoms with E-state index >= 15 is 0 Å². The van der Waals surface area contributed by atoms with Gasteiger partial charge in [0, 0.05) is 6.04 Å². The molecule has 0 radical (unpaired) electrons. The van der Waals surface area contributed by atoms with Crippen molar-refractivity contribution < 1.29 is 17.9 Å². The minimum atomic E-state index is -4.33. The second-order valence-electron chi connectivity index (χ2n) is 4.77.